The number of carbonyl (C=O) groups is 1. The van der Waals surface area contributed by atoms with Gasteiger partial charge in [0.25, 0.3) is 5.91 Å². The highest BCUT2D eigenvalue weighted by Crippen LogP contribution is 1.69. The van der Waals surface area contributed by atoms with Crippen LogP contribution in [-0.4, -0.2) is 35.0 Å². The molecule has 0 fully saturated rings. The van der Waals surface area contributed by atoms with Gasteiger partial charge in [0.1, 0.15) is 6.54 Å². The maximum Gasteiger partial charge on any atom is 0.259 e. The zero-order chi connectivity index (χ0) is 6.57. The summed E-state index contributed by atoms with van der Waals surface area (Å²) >= 11 is 0. The molecule has 5 nitrogen and oxygen atoms in total. The molecular weight excluding hydrogens is 112 g/mol. The van der Waals surface area contributed by atoms with Gasteiger partial charge in [-0.2, -0.15) is 5.06 Å². The largest absolute Gasteiger partial charge is 0.314 e. The predicted molar refractivity (Wildman–Crippen MR) is 24.3 cm³/mol. The predicted octanol–water partition coefficient (Wildman–Crippen LogP) is -1.19. The summed E-state index contributed by atoms with van der Waals surface area (Å²) in [5.74, 6) is -0.644. The zero-order valence-corrected chi connectivity index (χ0v) is 4.46. The molecule has 0 aromatic carbocycles. The molecule has 0 rings (SSSR count). The van der Waals surface area contributed by atoms with Crippen molar-refractivity contribution in [3.63, 3.8) is 0 Å². The van der Waals surface area contributed by atoms with Gasteiger partial charge in [-0.3, -0.25) is 10.0 Å². The van der Waals surface area contributed by atoms with Gasteiger partial charge in [-0.05, 0) is 0 Å². The van der Waals surface area contributed by atoms with Gasteiger partial charge in [-0.15, -0.1) is 0 Å². The Balaban J connectivity index is 3.25. The first-order valence-electron chi connectivity index (χ1n) is 1.99. The molecule has 0 atom stereocenters. The maximum absolute atomic E-state index is 10.1. The van der Waals surface area contributed by atoms with Gasteiger partial charge < -0.3 is 5.21 Å². The molecule has 0 aromatic rings. The normalized spacial score (nSPS) is 9.50. The molecule has 0 aliphatic heterocycles. The lowest BCUT2D eigenvalue weighted by molar-refractivity contribution is -0.140. The second-order valence-corrected chi connectivity index (χ2v) is 1.35. The summed E-state index contributed by atoms with van der Waals surface area (Å²) in [6.07, 6.45) is 0. The molecule has 0 unspecified atom stereocenters. The van der Waals surface area contributed by atoms with Crippen LogP contribution in [0.2, 0.25) is 0 Å². The van der Waals surface area contributed by atoms with Crippen molar-refractivity contribution >= 4 is 5.91 Å². The average Bonchev–Trinajstić information content (AvgIpc) is 1.65. The zero-order valence-electron chi connectivity index (χ0n) is 4.46. The Kier molecular flexibility index (Phi) is 3.09. The van der Waals surface area contributed by atoms with Crippen LogP contribution in [0.3, 0.4) is 0 Å². The number of carbonyl (C=O) groups excluding carboxylic acids is 1. The maximum atomic E-state index is 10.1. The molecule has 3 N–H and O–H groups in total. The van der Waals surface area contributed by atoms with E-state index in [4.69, 9.17) is 10.4 Å². The van der Waals surface area contributed by atoms with E-state index < -0.39 is 5.91 Å². The Bertz CT molecular complexity index is 82.6. The molecule has 8 heavy (non-hydrogen) atoms. The van der Waals surface area contributed by atoms with Crippen LogP contribution < -0.4 is 5.48 Å². The highest BCUT2D eigenvalue weighted by molar-refractivity contribution is 5.76. The Morgan fingerprint density at radius 2 is 2.38 bits per heavy atom. The third-order valence-corrected chi connectivity index (χ3v) is 0.497. The average molecular weight is 120 g/mol. The van der Waals surface area contributed by atoms with E-state index in [1.807, 2.05) is 0 Å². The first-order valence-corrected chi connectivity index (χ1v) is 1.99. The highest BCUT2D eigenvalue weighted by Gasteiger charge is 1.99. The summed E-state index contributed by atoms with van der Waals surface area (Å²) < 4.78 is 0. The first kappa shape index (κ1) is 7.35. The van der Waals surface area contributed by atoms with Crippen LogP contribution in [0, 0.1) is 0 Å². The highest BCUT2D eigenvalue weighted by atomic mass is 16.5. The second kappa shape index (κ2) is 3.36. The molecule has 0 saturated heterocycles. The van der Waals surface area contributed by atoms with E-state index in [-0.39, 0.29) is 6.54 Å². The van der Waals surface area contributed by atoms with Crippen molar-refractivity contribution in [1.82, 2.24) is 10.5 Å². The Labute approximate surface area is 46.4 Å². The number of nitrogens with one attached hydrogen (secondary N) is 1. The van der Waals surface area contributed by atoms with Crippen LogP contribution in [0.25, 0.3) is 0 Å². The Morgan fingerprint density at radius 3 is 2.50 bits per heavy atom. The minimum Gasteiger partial charge on any atom is -0.314 e. The topological polar surface area (TPSA) is 72.8 Å². The summed E-state index contributed by atoms with van der Waals surface area (Å²) in [4.78, 5) is 10.1. The van der Waals surface area contributed by atoms with Gasteiger partial charge in [-0.1, -0.05) is 0 Å². The molecule has 0 bridgehead atoms. The fourth-order valence-corrected chi connectivity index (χ4v) is 0.243. The van der Waals surface area contributed by atoms with Crippen LogP contribution >= 0.6 is 0 Å². The summed E-state index contributed by atoms with van der Waals surface area (Å²) in [5, 5.41) is 16.8. The number of hydroxylamine groups is 3. The van der Waals surface area contributed by atoms with Crippen LogP contribution in [0.15, 0.2) is 0 Å². The van der Waals surface area contributed by atoms with Crippen LogP contribution in [-0.2, 0) is 4.79 Å². The molecule has 1 amide bonds. The van der Waals surface area contributed by atoms with E-state index in [9.17, 15) is 4.79 Å². The van der Waals surface area contributed by atoms with Crippen molar-refractivity contribution in [2.75, 3.05) is 13.6 Å². The van der Waals surface area contributed by atoms with Gasteiger partial charge in [-0.25, -0.2) is 5.48 Å². The number of nitrogens with zero attached hydrogens (tertiary/aromatic N) is 1. The number of amides is 1. The van der Waals surface area contributed by atoms with Crippen molar-refractivity contribution < 1.29 is 15.2 Å². The first-order chi connectivity index (χ1) is 3.66. The monoisotopic (exact) mass is 120 g/mol. The Hall–Kier alpha value is -0.650. The third-order valence-electron chi connectivity index (χ3n) is 0.497. The lowest BCUT2D eigenvalue weighted by Crippen LogP contribution is -2.31. The molecule has 0 aromatic heterocycles. The van der Waals surface area contributed by atoms with Crippen molar-refractivity contribution in [2.45, 2.75) is 0 Å². The minimum absolute atomic E-state index is 0.226. The molecule has 0 aliphatic rings. The van der Waals surface area contributed by atoms with Gasteiger partial charge in [0.05, 0.1) is 0 Å². The molecule has 0 radical (unpaired) electrons. The number of likely N-dealkylation sites (N-methyl/N-ethyl adjacent to an activating group) is 1. The molecule has 0 aliphatic carbocycles. The van der Waals surface area contributed by atoms with E-state index >= 15 is 0 Å². The molecule has 0 saturated carbocycles. The number of hydrogen-bond donors (Lipinski definition) is 3. The summed E-state index contributed by atoms with van der Waals surface area (Å²) in [6, 6.07) is 0. The third kappa shape index (κ3) is 3.54. The van der Waals surface area contributed by atoms with E-state index in [1.165, 1.54) is 12.5 Å². The molecule has 48 valence electrons. The second-order valence-electron chi connectivity index (χ2n) is 1.35. The van der Waals surface area contributed by atoms with Crippen molar-refractivity contribution in [2.24, 2.45) is 0 Å². The fourth-order valence-electron chi connectivity index (χ4n) is 0.243. The van der Waals surface area contributed by atoms with Crippen LogP contribution in [0.1, 0.15) is 0 Å². The van der Waals surface area contributed by atoms with Crippen molar-refractivity contribution in [3.05, 3.63) is 0 Å². The summed E-state index contributed by atoms with van der Waals surface area (Å²) in [6.45, 7) is -0.226. The SMILES string of the molecule is CN(O)CC(=O)NO. The molecule has 0 spiro atoms. The van der Waals surface area contributed by atoms with Crippen molar-refractivity contribution in [1.29, 1.82) is 0 Å². The Morgan fingerprint density at radius 1 is 1.88 bits per heavy atom. The smallest absolute Gasteiger partial charge is 0.259 e. The fraction of sp³-hybridized carbons (Fsp3) is 0.667. The van der Waals surface area contributed by atoms with E-state index in [2.05, 4.69) is 0 Å². The number of rotatable bonds is 2. The lowest BCUT2D eigenvalue weighted by Gasteiger charge is -2.03. The lowest BCUT2D eigenvalue weighted by atomic mass is 10.6. The summed E-state index contributed by atoms with van der Waals surface area (Å²) in [7, 11) is 1.30. The number of hydrogen-bond acceptors (Lipinski definition) is 4. The standard InChI is InChI=1S/C3H8N2O3/c1-5(8)2-3(6)4-7/h7-8H,2H2,1H3,(H,4,6). The van der Waals surface area contributed by atoms with Gasteiger partial charge in [0.15, 0.2) is 0 Å². The van der Waals surface area contributed by atoms with Gasteiger partial charge in [0, 0.05) is 7.05 Å². The minimum atomic E-state index is -0.644. The molecule has 5 heteroatoms. The van der Waals surface area contributed by atoms with E-state index in [0.717, 1.165) is 0 Å². The quantitative estimate of drug-likeness (QED) is 0.316. The molecule has 0 heterocycles. The molecular formula is C3H8N2O3. The summed E-state index contributed by atoms with van der Waals surface area (Å²) in [5.41, 5.74) is 1.36. The van der Waals surface area contributed by atoms with Gasteiger partial charge in [0.2, 0.25) is 0 Å². The van der Waals surface area contributed by atoms with Crippen molar-refractivity contribution in [3.8, 4) is 0 Å². The van der Waals surface area contributed by atoms with Crippen LogP contribution in [0.5, 0.6) is 0 Å². The van der Waals surface area contributed by atoms with E-state index in [1.54, 1.807) is 0 Å². The van der Waals surface area contributed by atoms with Gasteiger partial charge >= 0.3 is 0 Å². The van der Waals surface area contributed by atoms with E-state index in [0.29, 0.717) is 5.06 Å². The van der Waals surface area contributed by atoms with Crippen LogP contribution in [0.4, 0.5) is 0 Å².